The van der Waals surface area contributed by atoms with Gasteiger partial charge in [0.2, 0.25) is 0 Å². The maximum atomic E-state index is 11.9. The highest BCUT2D eigenvalue weighted by molar-refractivity contribution is 7.14. The molecule has 0 bridgehead atoms. The topological polar surface area (TPSA) is 46.3 Å². The van der Waals surface area contributed by atoms with Gasteiger partial charge < -0.3 is 10.6 Å². The van der Waals surface area contributed by atoms with Crippen molar-refractivity contribution in [3.63, 3.8) is 0 Å². The van der Waals surface area contributed by atoms with E-state index in [-0.39, 0.29) is 5.91 Å². The van der Waals surface area contributed by atoms with Gasteiger partial charge in [0.15, 0.2) is 0 Å². The third-order valence-corrected chi connectivity index (χ3v) is 3.39. The Kier molecular flexibility index (Phi) is 4.53. The summed E-state index contributed by atoms with van der Waals surface area (Å²) in [7, 11) is 1.79. The Balaban J connectivity index is 2.96. The molecule has 0 fully saturated rings. The second-order valence-electron chi connectivity index (χ2n) is 3.45. The Morgan fingerprint density at radius 3 is 2.88 bits per heavy atom. The molecule has 4 heteroatoms. The molecule has 1 aromatic heterocycles. The highest BCUT2D eigenvalue weighted by Crippen LogP contribution is 2.21. The van der Waals surface area contributed by atoms with Crippen molar-refractivity contribution in [3.05, 3.63) is 21.4 Å². The molecular weight excluding hydrogens is 220 g/mol. The van der Waals surface area contributed by atoms with E-state index in [4.69, 9.17) is 5.73 Å². The minimum atomic E-state index is 0.0522. The average molecular weight is 236 g/mol. The molecule has 1 aromatic rings. The van der Waals surface area contributed by atoms with Gasteiger partial charge in [0.05, 0.1) is 16.3 Å². The van der Waals surface area contributed by atoms with E-state index in [1.807, 2.05) is 19.9 Å². The van der Waals surface area contributed by atoms with Crippen molar-refractivity contribution >= 4 is 17.2 Å². The summed E-state index contributed by atoms with van der Waals surface area (Å²) in [5, 5.41) is 0. The van der Waals surface area contributed by atoms with E-state index in [1.54, 1.807) is 11.9 Å². The molecule has 0 radical (unpaired) electrons. The molecule has 1 rings (SSSR count). The predicted molar refractivity (Wildman–Crippen MR) is 67.6 cm³/mol. The molecule has 0 saturated carbocycles. The van der Waals surface area contributed by atoms with Crippen LogP contribution in [0.2, 0.25) is 0 Å². The summed E-state index contributed by atoms with van der Waals surface area (Å²) in [5.74, 6) is 5.83. The van der Waals surface area contributed by atoms with Crippen LogP contribution < -0.4 is 5.73 Å². The Hall–Kier alpha value is -1.31. The van der Waals surface area contributed by atoms with Crippen molar-refractivity contribution in [1.29, 1.82) is 0 Å². The number of carbonyl (C=O) groups is 1. The number of thiophene rings is 1. The van der Waals surface area contributed by atoms with Crippen LogP contribution in [-0.2, 0) is 0 Å². The van der Waals surface area contributed by atoms with Crippen LogP contribution in [0.5, 0.6) is 0 Å². The summed E-state index contributed by atoms with van der Waals surface area (Å²) in [6, 6.07) is 1.89. The summed E-state index contributed by atoms with van der Waals surface area (Å²) in [6.45, 7) is 4.96. The maximum absolute atomic E-state index is 11.9. The highest BCUT2D eigenvalue weighted by atomic mass is 32.1. The first-order valence-corrected chi connectivity index (χ1v) is 5.96. The minimum absolute atomic E-state index is 0.0522. The zero-order valence-corrected chi connectivity index (χ0v) is 10.6. The fraction of sp³-hybridized carbons (Fsp3) is 0.417. The molecule has 0 unspecified atom stereocenters. The number of amides is 1. The molecular formula is C12H16N2OS. The minimum Gasteiger partial charge on any atom is -0.341 e. The van der Waals surface area contributed by atoms with Crippen molar-refractivity contribution in [2.24, 2.45) is 5.73 Å². The van der Waals surface area contributed by atoms with E-state index >= 15 is 0 Å². The van der Waals surface area contributed by atoms with Gasteiger partial charge in [-0.2, -0.15) is 0 Å². The Morgan fingerprint density at radius 2 is 2.31 bits per heavy atom. The predicted octanol–water partition coefficient (Wildman–Crippen LogP) is 1.46. The largest absolute Gasteiger partial charge is 0.341 e. The zero-order valence-electron chi connectivity index (χ0n) is 9.83. The summed E-state index contributed by atoms with van der Waals surface area (Å²) in [5.41, 5.74) is 6.36. The van der Waals surface area contributed by atoms with Gasteiger partial charge in [-0.3, -0.25) is 4.79 Å². The van der Waals surface area contributed by atoms with E-state index < -0.39 is 0 Å². The van der Waals surface area contributed by atoms with Crippen LogP contribution in [0, 0.1) is 18.8 Å². The van der Waals surface area contributed by atoms with E-state index in [9.17, 15) is 4.79 Å². The van der Waals surface area contributed by atoms with Gasteiger partial charge in [0.25, 0.3) is 5.91 Å². The first-order chi connectivity index (χ1) is 7.60. The molecule has 0 aromatic carbocycles. The Labute approximate surface area is 100 Å². The molecule has 86 valence electrons. The van der Waals surface area contributed by atoms with Gasteiger partial charge in [0.1, 0.15) is 0 Å². The molecule has 1 amide bonds. The molecule has 2 N–H and O–H groups in total. The van der Waals surface area contributed by atoms with E-state index in [0.29, 0.717) is 13.1 Å². The van der Waals surface area contributed by atoms with Crippen molar-refractivity contribution < 1.29 is 4.79 Å². The maximum Gasteiger partial charge on any atom is 0.263 e. The number of aryl methyl sites for hydroxylation is 1. The van der Waals surface area contributed by atoms with Gasteiger partial charge in [-0.05, 0) is 25.5 Å². The monoisotopic (exact) mass is 236 g/mol. The number of nitrogens with zero attached hydrogens (tertiary/aromatic N) is 1. The SMILES string of the molecule is CCN(C)C(=O)c1cc(C)c(C#CCN)s1. The normalized spacial score (nSPS) is 9.50. The van der Waals surface area contributed by atoms with Crippen LogP contribution in [0.4, 0.5) is 0 Å². The van der Waals surface area contributed by atoms with E-state index in [1.165, 1.54) is 11.3 Å². The highest BCUT2D eigenvalue weighted by Gasteiger charge is 2.14. The van der Waals surface area contributed by atoms with Gasteiger partial charge >= 0.3 is 0 Å². The summed E-state index contributed by atoms with van der Waals surface area (Å²) >= 11 is 1.43. The molecule has 0 spiro atoms. The third kappa shape index (κ3) is 2.84. The summed E-state index contributed by atoms with van der Waals surface area (Å²) in [6.07, 6.45) is 0. The lowest BCUT2D eigenvalue weighted by Crippen LogP contribution is -2.25. The zero-order chi connectivity index (χ0) is 12.1. The Bertz CT molecular complexity index is 440. The first-order valence-electron chi connectivity index (χ1n) is 5.15. The molecule has 0 aliphatic heterocycles. The van der Waals surface area contributed by atoms with Gasteiger partial charge in [-0.15, -0.1) is 11.3 Å². The van der Waals surface area contributed by atoms with Crippen LogP contribution in [0.15, 0.2) is 6.07 Å². The number of nitrogens with two attached hydrogens (primary N) is 1. The molecule has 16 heavy (non-hydrogen) atoms. The summed E-state index contributed by atoms with van der Waals surface area (Å²) < 4.78 is 0. The first kappa shape index (κ1) is 12.8. The quantitative estimate of drug-likeness (QED) is 0.790. The van der Waals surface area contributed by atoms with Crippen LogP contribution in [0.3, 0.4) is 0 Å². The van der Waals surface area contributed by atoms with Gasteiger partial charge in [-0.25, -0.2) is 0 Å². The fourth-order valence-electron chi connectivity index (χ4n) is 1.17. The molecule has 0 saturated heterocycles. The van der Waals surface area contributed by atoms with Crippen LogP contribution in [0.25, 0.3) is 0 Å². The molecule has 3 nitrogen and oxygen atoms in total. The van der Waals surface area contributed by atoms with Crippen molar-refractivity contribution in [2.75, 3.05) is 20.1 Å². The molecule has 0 aliphatic carbocycles. The van der Waals surface area contributed by atoms with E-state index in [2.05, 4.69) is 11.8 Å². The van der Waals surface area contributed by atoms with Crippen LogP contribution in [0.1, 0.15) is 27.0 Å². The van der Waals surface area contributed by atoms with Gasteiger partial charge in [-0.1, -0.05) is 11.8 Å². The lowest BCUT2D eigenvalue weighted by Gasteiger charge is -2.12. The standard InChI is InChI=1S/C12H16N2OS/c1-4-14(3)12(15)11-8-9(2)10(16-11)6-5-7-13/h8H,4,7,13H2,1-3H3. The van der Waals surface area contributed by atoms with Crippen LogP contribution >= 0.6 is 11.3 Å². The van der Waals surface area contributed by atoms with Crippen LogP contribution in [-0.4, -0.2) is 30.9 Å². The second-order valence-corrected chi connectivity index (χ2v) is 4.50. The van der Waals surface area contributed by atoms with Crippen molar-refractivity contribution in [3.8, 4) is 11.8 Å². The number of rotatable bonds is 2. The van der Waals surface area contributed by atoms with Crippen molar-refractivity contribution in [2.45, 2.75) is 13.8 Å². The van der Waals surface area contributed by atoms with Crippen molar-refractivity contribution in [1.82, 2.24) is 4.90 Å². The Morgan fingerprint density at radius 1 is 1.62 bits per heavy atom. The molecule has 1 heterocycles. The van der Waals surface area contributed by atoms with E-state index in [0.717, 1.165) is 15.3 Å². The molecule has 0 atom stereocenters. The van der Waals surface area contributed by atoms with Gasteiger partial charge in [0, 0.05) is 13.6 Å². The number of carbonyl (C=O) groups excluding carboxylic acids is 1. The molecule has 0 aliphatic rings. The third-order valence-electron chi connectivity index (χ3n) is 2.25. The fourth-order valence-corrected chi connectivity index (χ4v) is 2.22. The summed E-state index contributed by atoms with van der Waals surface area (Å²) in [4.78, 5) is 15.2. The lowest BCUT2D eigenvalue weighted by atomic mass is 10.2. The second kappa shape index (κ2) is 5.69. The number of hydrogen-bond acceptors (Lipinski definition) is 3. The average Bonchev–Trinajstić information content (AvgIpc) is 2.66. The number of hydrogen-bond donors (Lipinski definition) is 1. The lowest BCUT2D eigenvalue weighted by molar-refractivity contribution is 0.0807. The smallest absolute Gasteiger partial charge is 0.263 e.